The van der Waals surface area contributed by atoms with Crippen molar-refractivity contribution in [2.45, 2.75) is 20.2 Å². The molecule has 100 valence electrons. The maximum atomic E-state index is 10.8. The predicted molar refractivity (Wildman–Crippen MR) is 74.8 cm³/mol. The van der Waals surface area contributed by atoms with Crippen LogP contribution in [0.25, 0.3) is 0 Å². The molecule has 0 spiro atoms. The van der Waals surface area contributed by atoms with Gasteiger partial charge < -0.3 is 5.11 Å². The summed E-state index contributed by atoms with van der Waals surface area (Å²) in [6.07, 6.45) is 1.92. The van der Waals surface area contributed by atoms with Gasteiger partial charge in [-0.3, -0.25) is 10.1 Å². The molecule has 0 aliphatic carbocycles. The van der Waals surface area contributed by atoms with Gasteiger partial charge in [0.25, 0.3) is 5.69 Å². The number of aliphatic hydroxyl groups excluding tert-OH is 1. The Hall–Kier alpha value is -1.16. The molecule has 0 radical (unpaired) electrons. The maximum Gasteiger partial charge on any atom is 0.274 e. The molecule has 0 aliphatic heterocycles. The van der Waals surface area contributed by atoms with Crippen molar-refractivity contribution in [1.29, 1.82) is 0 Å². The Morgan fingerprint density at radius 2 is 2.16 bits per heavy atom. The van der Waals surface area contributed by atoms with Crippen LogP contribution in [0.15, 0.2) is 31.8 Å². The number of aromatic nitrogens is 2. The van der Waals surface area contributed by atoms with Crippen LogP contribution in [-0.2, 0) is 6.61 Å². The minimum Gasteiger partial charge on any atom is -0.391 e. The molecule has 9 heteroatoms. The van der Waals surface area contributed by atoms with Gasteiger partial charge in [0.05, 0.1) is 17.1 Å². The third kappa shape index (κ3) is 3.44. The molecule has 0 saturated heterocycles. The van der Waals surface area contributed by atoms with E-state index < -0.39 is 4.92 Å². The number of nitro groups is 1. The number of nitrogens with zero attached hydrogens (tertiary/aromatic N) is 3. The molecular weight excluding hydrogens is 306 g/mol. The fourth-order valence-corrected chi connectivity index (χ4v) is 3.83. The van der Waals surface area contributed by atoms with Crippen molar-refractivity contribution in [2.24, 2.45) is 0 Å². The van der Waals surface area contributed by atoms with Gasteiger partial charge in [0.1, 0.15) is 0 Å². The molecule has 19 heavy (non-hydrogen) atoms. The maximum absolute atomic E-state index is 10.8. The molecule has 0 atom stereocenters. The minimum absolute atomic E-state index is 0.0751. The Morgan fingerprint density at radius 3 is 2.74 bits per heavy atom. The molecule has 1 N–H and O–H groups in total. The van der Waals surface area contributed by atoms with E-state index in [-0.39, 0.29) is 12.3 Å². The van der Waals surface area contributed by atoms with Crippen molar-refractivity contribution in [1.82, 2.24) is 10.2 Å². The van der Waals surface area contributed by atoms with Crippen molar-refractivity contribution in [3.05, 3.63) is 33.9 Å². The topological polar surface area (TPSA) is 89.2 Å². The third-order valence-corrected chi connectivity index (χ3v) is 5.13. The van der Waals surface area contributed by atoms with Gasteiger partial charge in [0.15, 0.2) is 8.68 Å². The molecule has 0 aliphatic rings. The number of benzene rings is 1. The summed E-state index contributed by atoms with van der Waals surface area (Å²) in [5, 5.41) is 27.9. The zero-order valence-corrected chi connectivity index (χ0v) is 12.2. The predicted octanol–water partition coefficient (Wildman–Crippen LogP) is 2.81. The summed E-state index contributed by atoms with van der Waals surface area (Å²) in [5.41, 5.74) is 0.221. The first kappa shape index (κ1) is 14.3. The van der Waals surface area contributed by atoms with Crippen LogP contribution < -0.4 is 0 Å². The van der Waals surface area contributed by atoms with Crippen molar-refractivity contribution in [3.8, 4) is 0 Å². The van der Waals surface area contributed by atoms with E-state index in [1.807, 2.05) is 6.26 Å². The Kier molecular flexibility index (Phi) is 4.75. The molecule has 1 aromatic heterocycles. The van der Waals surface area contributed by atoms with Gasteiger partial charge in [-0.05, 0) is 18.4 Å². The number of thioether (sulfide) groups is 1. The fourth-order valence-electron chi connectivity index (χ4n) is 1.35. The molecule has 1 aromatic carbocycles. The highest BCUT2D eigenvalue weighted by molar-refractivity contribution is 8.03. The van der Waals surface area contributed by atoms with Crippen LogP contribution in [-0.4, -0.2) is 26.5 Å². The third-order valence-electron chi connectivity index (χ3n) is 2.19. The molecule has 1 heterocycles. The van der Waals surface area contributed by atoms with E-state index in [0.717, 1.165) is 13.6 Å². The van der Waals surface area contributed by atoms with E-state index in [2.05, 4.69) is 10.2 Å². The highest BCUT2D eigenvalue weighted by Crippen LogP contribution is 2.34. The summed E-state index contributed by atoms with van der Waals surface area (Å²) in [5.74, 6) is 0. The monoisotopic (exact) mass is 315 g/mol. The Bertz CT molecular complexity index is 603. The van der Waals surface area contributed by atoms with Gasteiger partial charge in [-0.2, -0.15) is 0 Å². The van der Waals surface area contributed by atoms with E-state index in [0.29, 0.717) is 5.56 Å². The lowest BCUT2D eigenvalue weighted by Crippen LogP contribution is -1.95. The van der Waals surface area contributed by atoms with Gasteiger partial charge in [-0.1, -0.05) is 34.9 Å². The van der Waals surface area contributed by atoms with E-state index >= 15 is 0 Å². The minimum atomic E-state index is -0.503. The molecule has 2 aromatic rings. The van der Waals surface area contributed by atoms with Crippen LogP contribution in [0.3, 0.4) is 0 Å². The van der Waals surface area contributed by atoms with Crippen LogP contribution in [0.1, 0.15) is 5.56 Å². The van der Waals surface area contributed by atoms with E-state index in [1.165, 1.54) is 40.9 Å². The second-order valence-electron chi connectivity index (χ2n) is 3.35. The number of rotatable bonds is 5. The van der Waals surface area contributed by atoms with E-state index in [9.17, 15) is 10.1 Å². The summed E-state index contributed by atoms with van der Waals surface area (Å²) in [7, 11) is 0. The lowest BCUT2D eigenvalue weighted by molar-refractivity contribution is -0.385. The second kappa shape index (κ2) is 6.33. The molecule has 0 bridgehead atoms. The summed E-state index contributed by atoms with van der Waals surface area (Å²) < 4.78 is 1.63. The molecular formula is C10H9N3O3S3. The SMILES string of the molecule is CSc1nnc(Sc2ccc([N+](=O)[O-])c(CO)c2)s1. The summed E-state index contributed by atoms with van der Waals surface area (Å²) in [4.78, 5) is 11.0. The molecule has 0 unspecified atom stereocenters. The van der Waals surface area contributed by atoms with Crippen molar-refractivity contribution in [3.63, 3.8) is 0 Å². The fraction of sp³-hybridized carbons (Fsp3) is 0.200. The number of aliphatic hydroxyl groups is 1. The summed E-state index contributed by atoms with van der Waals surface area (Å²) >= 11 is 4.35. The zero-order chi connectivity index (χ0) is 13.8. The van der Waals surface area contributed by atoms with Crippen LogP contribution in [0.4, 0.5) is 5.69 Å². The second-order valence-corrected chi connectivity index (χ2v) is 6.70. The van der Waals surface area contributed by atoms with Gasteiger partial charge >= 0.3 is 0 Å². The first-order valence-corrected chi connectivity index (χ1v) is 7.93. The zero-order valence-electron chi connectivity index (χ0n) is 9.77. The molecule has 0 amide bonds. The number of hydrogen-bond acceptors (Lipinski definition) is 8. The Balaban J connectivity index is 2.23. The molecule has 2 rings (SSSR count). The first-order valence-electron chi connectivity index (χ1n) is 5.07. The summed E-state index contributed by atoms with van der Waals surface area (Å²) in [6.45, 7) is -0.364. The normalized spacial score (nSPS) is 10.6. The largest absolute Gasteiger partial charge is 0.391 e. The van der Waals surface area contributed by atoms with Gasteiger partial charge in [0.2, 0.25) is 0 Å². The molecule has 6 nitrogen and oxygen atoms in total. The van der Waals surface area contributed by atoms with Crippen molar-refractivity contribution < 1.29 is 10.0 Å². The van der Waals surface area contributed by atoms with E-state index in [4.69, 9.17) is 5.11 Å². The van der Waals surface area contributed by atoms with Gasteiger partial charge in [-0.25, -0.2) is 0 Å². The highest BCUT2D eigenvalue weighted by atomic mass is 32.2. The standard InChI is InChI=1S/C10H9N3O3S3/c1-17-9-11-12-10(19-9)18-7-2-3-8(13(15)16)6(4-7)5-14/h2-4,14H,5H2,1H3. The van der Waals surface area contributed by atoms with Gasteiger partial charge in [0, 0.05) is 11.0 Å². The molecule has 0 saturated carbocycles. The van der Waals surface area contributed by atoms with E-state index in [1.54, 1.807) is 12.1 Å². The van der Waals surface area contributed by atoms with Gasteiger partial charge in [-0.15, -0.1) is 10.2 Å². The lowest BCUT2D eigenvalue weighted by atomic mass is 10.2. The number of hydrogen-bond donors (Lipinski definition) is 1. The number of nitro benzene ring substituents is 1. The van der Waals surface area contributed by atoms with Crippen LogP contribution in [0, 0.1) is 10.1 Å². The summed E-state index contributed by atoms with van der Waals surface area (Å²) in [6, 6.07) is 4.63. The van der Waals surface area contributed by atoms with Crippen LogP contribution in [0.2, 0.25) is 0 Å². The average Bonchev–Trinajstić information content (AvgIpc) is 2.86. The quantitative estimate of drug-likeness (QED) is 0.515. The Morgan fingerprint density at radius 1 is 1.42 bits per heavy atom. The molecule has 0 fully saturated rings. The highest BCUT2D eigenvalue weighted by Gasteiger charge is 2.14. The smallest absolute Gasteiger partial charge is 0.274 e. The van der Waals surface area contributed by atoms with Crippen LogP contribution in [0.5, 0.6) is 0 Å². The van der Waals surface area contributed by atoms with Crippen molar-refractivity contribution >= 4 is 40.5 Å². The lowest BCUT2D eigenvalue weighted by Gasteiger charge is -2.02. The Labute approximate surface area is 121 Å². The van der Waals surface area contributed by atoms with Crippen molar-refractivity contribution in [2.75, 3.05) is 6.26 Å². The van der Waals surface area contributed by atoms with Crippen LogP contribution >= 0.6 is 34.9 Å². The average molecular weight is 315 g/mol. The first-order chi connectivity index (χ1) is 9.13.